The van der Waals surface area contributed by atoms with Crippen LogP contribution in [-0.4, -0.2) is 23.0 Å². The van der Waals surface area contributed by atoms with Crippen molar-refractivity contribution in [3.63, 3.8) is 0 Å². The second-order valence-corrected chi connectivity index (χ2v) is 5.04. The van der Waals surface area contributed by atoms with Gasteiger partial charge in [-0.2, -0.15) is 4.98 Å². The topological polar surface area (TPSA) is 81.3 Å². The van der Waals surface area contributed by atoms with Crippen molar-refractivity contribution in [2.75, 3.05) is 17.7 Å². The Morgan fingerprint density at radius 1 is 1.33 bits per heavy atom. The highest BCUT2D eigenvalue weighted by atomic mass is 35.5. The molecule has 2 N–H and O–H groups in total. The number of nitrogen functional groups attached to an aromatic ring is 1. The highest BCUT2D eigenvalue weighted by Gasteiger charge is 2.31. The predicted octanol–water partition coefficient (Wildman–Crippen LogP) is 1.81. The van der Waals surface area contributed by atoms with E-state index in [-0.39, 0.29) is 23.4 Å². The van der Waals surface area contributed by atoms with Crippen LogP contribution in [0.2, 0.25) is 5.15 Å². The van der Waals surface area contributed by atoms with Crippen molar-refractivity contribution in [1.29, 1.82) is 0 Å². The summed E-state index contributed by atoms with van der Waals surface area (Å²) in [5, 5.41) is 0.239. The third kappa shape index (κ3) is 2.50. The van der Waals surface area contributed by atoms with Crippen LogP contribution in [0.1, 0.15) is 11.1 Å². The van der Waals surface area contributed by atoms with Gasteiger partial charge in [0, 0.05) is 5.56 Å². The number of fused-ring (bicyclic) bond motifs is 1. The Balaban J connectivity index is 1.91. The number of rotatable bonds is 3. The molecule has 6 nitrogen and oxygen atoms in total. The summed E-state index contributed by atoms with van der Waals surface area (Å²) in [4.78, 5) is 21.7. The second kappa shape index (κ2) is 5.21. The van der Waals surface area contributed by atoms with Gasteiger partial charge in [-0.3, -0.25) is 9.69 Å². The fourth-order valence-corrected chi connectivity index (χ4v) is 2.52. The van der Waals surface area contributed by atoms with Crippen molar-refractivity contribution >= 4 is 29.3 Å². The Bertz CT molecular complexity index is 703. The van der Waals surface area contributed by atoms with Gasteiger partial charge >= 0.3 is 0 Å². The maximum Gasteiger partial charge on any atom is 0.233 e. The predicted molar refractivity (Wildman–Crippen MR) is 79.3 cm³/mol. The molecule has 1 aromatic heterocycles. The highest BCUT2D eigenvalue weighted by Crippen LogP contribution is 2.33. The summed E-state index contributed by atoms with van der Waals surface area (Å²) in [6, 6.07) is 7.49. The van der Waals surface area contributed by atoms with Crippen molar-refractivity contribution < 1.29 is 9.53 Å². The monoisotopic (exact) mass is 304 g/mol. The van der Waals surface area contributed by atoms with E-state index in [0.29, 0.717) is 17.9 Å². The molecule has 0 saturated heterocycles. The quantitative estimate of drug-likeness (QED) is 0.875. The first-order chi connectivity index (χ1) is 10.1. The first-order valence-electron chi connectivity index (χ1n) is 6.33. The van der Waals surface area contributed by atoms with Crippen molar-refractivity contribution in [2.24, 2.45) is 0 Å². The zero-order chi connectivity index (χ0) is 15.0. The molecular weight excluding hydrogens is 292 g/mol. The van der Waals surface area contributed by atoms with Crippen LogP contribution in [-0.2, 0) is 17.8 Å². The van der Waals surface area contributed by atoms with Crippen LogP contribution in [0.4, 0.5) is 11.8 Å². The molecule has 0 spiro atoms. The number of halogens is 1. The zero-order valence-corrected chi connectivity index (χ0v) is 12.1. The van der Waals surface area contributed by atoms with Crippen molar-refractivity contribution in [3.8, 4) is 5.75 Å². The normalized spacial score (nSPS) is 13.4. The van der Waals surface area contributed by atoms with Crippen molar-refractivity contribution in [1.82, 2.24) is 9.97 Å². The molecule has 1 aromatic carbocycles. The molecule has 0 radical (unpaired) electrons. The largest absolute Gasteiger partial charge is 0.497 e. The second-order valence-electron chi connectivity index (χ2n) is 4.68. The standard InChI is InChI=1S/C14H13ClN4O2/c1-21-9-4-2-8(3-5-9)7-19-11(20)6-10-12(15)17-14(16)18-13(10)19/h2-5H,6-7H2,1H3,(H2,16,17,18). The molecule has 108 valence electrons. The van der Waals surface area contributed by atoms with E-state index in [4.69, 9.17) is 22.1 Å². The molecule has 0 fully saturated rings. The van der Waals surface area contributed by atoms with Gasteiger partial charge in [0.1, 0.15) is 16.7 Å². The van der Waals surface area contributed by atoms with E-state index < -0.39 is 0 Å². The SMILES string of the molecule is COc1ccc(CN2C(=O)Cc3c(Cl)nc(N)nc32)cc1. The summed E-state index contributed by atoms with van der Waals surface area (Å²) in [5.41, 5.74) is 7.20. The summed E-state index contributed by atoms with van der Waals surface area (Å²) < 4.78 is 5.11. The molecule has 1 amide bonds. The number of benzene rings is 1. The van der Waals surface area contributed by atoms with E-state index in [1.807, 2.05) is 24.3 Å². The molecule has 0 unspecified atom stereocenters. The third-order valence-corrected chi connectivity index (χ3v) is 3.65. The number of carbonyl (C=O) groups is 1. The Morgan fingerprint density at radius 2 is 2.05 bits per heavy atom. The van der Waals surface area contributed by atoms with Crippen LogP contribution in [0.25, 0.3) is 0 Å². The van der Waals surface area contributed by atoms with Crippen LogP contribution in [0.15, 0.2) is 24.3 Å². The number of aromatic nitrogens is 2. The zero-order valence-electron chi connectivity index (χ0n) is 11.3. The van der Waals surface area contributed by atoms with Gasteiger partial charge in [0.15, 0.2) is 0 Å². The first-order valence-corrected chi connectivity index (χ1v) is 6.71. The van der Waals surface area contributed by atoms with E-state index in [0.717, 1.165) is 11.3 Å². The summed E-state index contributed by atoms with van der Waals surface area (Å²) >= 11 is 6.02. The number of amides is 1. The number of carbonyl (C=O) groups excluding carboxylic acids is 1. The van der Waals surface area contributed by atoms with Gasteiger partial charge in [-0.25, -0.2) is 4.98 Å². The minimum atomic E-state index is -0.0670. The van der Waals surface area contributed by atoms with Crippen LogP contribution in [0.3, 0.4) is 0 Å². The van der Waals surface area contributed by atoms with E-state index in [2.05, 4.69) is 9.97 Å². The van der Waals surface area contributed by atoms with E-state index >= 15 is 0 Å². The average molecular weight is 305 g/mol. The maximum absolute atomic E-state index is 12.2. The van der Waals surface area contributed by atoms with Gasteiger partial charge in [0.2, 0.25) is 11.9 Å². The summed E-state index contributed by atoms with van der Waals surface area (Å²) in [6.45, 7) is 0.405. The summed E-state index contributed by atoms with van der Waals surface area (Å²) in [6.07, 6.45) is 0.199. The van der Waals surface area contributed by atoms with Gasteiger partial charge in [-0.1, -0.05) is 23.7 Å². The van der Waals surface area contributed by atoms with Crippen molar-refractivity contribution in [2.45, 2.75) is 13.0 Å². The molecule has 1 aliphatic heterocycles. The molecule has 3 rings (SSSR count). The number of nitrogens with zero attached hydrogens (tertiary/aromatic N) is 3. The number of hydrogen-bond donors (Lipinski definition) is 1. The molecule has 0 bridgehead atoms. The Labute approximate surface area is 126 Å². The Hall–Kier alpha value is -2.34. The number of anilines is 2. The number of hydrogen-bond acceptors (Lipinski definition) is 5. The fourth-order valence-electron chi connectivity index (χ4n) is 2.28. The molecule has 7 heteroatoms. The third-order valence-electron chi connectivity index (χ3n) is 3.34. The highest BCUT2D eigenvalue weighted by molar-refractivity contribution is 6.31. The van der Waals surface area contributed by atoms with Crippen LogP contribution >= 0.6 is 11.6 Å². The fraction of sp³-hybridized carbons (Fsp3) is 0.214. The molecular formula is C14H13ClN4O2. The molecule has 0 atom stereocenters. The lowest BCUT2D eigenvalue weighted by atomic mass is 10.2. The van der Waals surface area contributed by atoms with Gasteiger partial charge < -0.3 is 10.5 Å². The van der Waals surface area contributed by atoms with Gasteiger partial charge in [0.25, 0.3) is 0 Å². The first kappa shape index (κ1) is 13.6. The summed E-state index contributed by atoms with van der Waals surface area (Å²) in [7, 11) is 1.61. The summed E-state index contributed by atoms with van der Waals surface area (Å²) in [5.74, 6) is 1.26. The Kier molecular flexibility index (Phi) is 3.39. The molecule has 2 aromatic rings. The minimum Gasteiger partial charge on any atom is -0.497 e. The number of methoxy groups -OCH3 is 1. The lowest BCUT2D eigenvalue weighted by molar-refractivity contribution is -0.117. The minimum absolute atomic E-state index is 0.0631. The van der Waals surface area contributed by atoms with Gasteiger partial charge in [0.05, 0.1) is 20.1 Å². The smallest absolute Gasteiger partial charge is 0.233 e. The average Bonchev–Trinajstić information content (AvgIpc) is 2.77. The maximum atomic E-state index is 12.2. The van der Waals surface area contributed by atoms with Crippen LogP contribution in [0, 0.1) is 0 Å². The van der Waals surface area contributed by atoms with Crippen LogP contribution < -0.4 is 15.4 Å². The van der Waals surface area contributed by atoms with Gasteiger partial charge in [-0.15, -0.1) is 0 Å². The molecule has 21 heavy (non-hydrogen) atoms. The molecule has 2 heterocycles. The Morgan fingerprint density at radius 3 is 2.71 bits per heavy atom. The van der Waals surface area contributed by atoms with Gasteiger partial charge in [-0.05, 0) is 17.7 Å². The number of nitrogens with two attached hydrogens (primary N) is 1. The number of ether oxygens (including phenoxy) is 1. The van der Waals surface area contributed by atoms with E-state index in [1.165, 1.54) is 0 Å². The molecule has 1 aliphatic rings. The van der Waals surface area contributed by atoms with E-state index in [1.54, 1.807) is 12.0 Å². The lowest BCUT2D eigenvalue weighted by Gasteiger charge is -2.17. The van der Waals surface area contributed by atoms with Crippen molar-refractivity contribution in [3.05, 3.63) is 40.5 Å². The molecule has 0 aliphatic carbocycles. The lowest BCUT2D eigenvalue weighted by Crippen LogP contribution is -2.26. The van der Waals surface area contributed by atoms with E-state index in [9.17, 15) is 4.79 Å². The van der Waals surface area contributed by atoms with Crippen LogP contribution in [0.5, 0.6) is 5.75 Å². The molecule has 0 saturated carbocycles.